The Morgan fingerprint density at radius 2 is 1.29 bits per heavy atom. The van der Waals surface area contributed by atoms with Crippen LogP contribution in [0.3, 0.4) is 0 Å². The van der Waals surface area contributed by atoms with E-state index in [1.165, 1.54) is 24.3 Å². The van der Waals surface area contributed by atoms with Gasteiger partial charge < -0.3 is 20.3 Å². The topological polar surface area (TPSA) is 87.7 Å². The van der Waals surface area contributed by atoms with Crippen molar-refractivity contribution < 1.29 is 93.8 Å². The summed E-state index contributed by atoms with van der Waals surface area (Å²) in [6.45, 7) is -0.162. The predicted octanol–water partition coefficient (Wildman–Crippen LogP) is 7.90. The molecule has 0 spiro atoms. The molecule has 0 aromatic heterocycles. The lowest BCUT2D eigenvalue weighted by molar-refractivity contribution is -0.461. The van der Waals surface area contributed by atoms with Crippen LogP contribution < -0.4 is 10.6 Å². The van der Waals surface area contributed by atoms with Crippen LogP contribution in [0, 0.1) is 12.3 Å². The monoisotopic (exact) mass is 831 g/mol. The molecule has 0 fully saturated rings. The number of allylic oxidation sites excluding steroid dienone is 1. The van der Waals surface area contributed by atoms with Crippen LogP contribution in [0.2, 0.25) is 0 Å². The number of benzene rings is 1. The van der Waals surface area contributed by atoms with E-state index in [-0.39, 0.29) is 18.5 Å². The average molecular weight is 832 g/mol. The third-order valence-corrected chi connectivity index (χ3v) is 7.35. The standard InChI is InChI=1S/C31H30F17N3O4/c1-3-5-6-7-13-49-23(54)50-14-11-19-9-8-10-20(17-19)22(53)51(15-4-2)18-21(52)55-16-12-24(32,33)25(34,35)26(36,37)27(38,39)28(40,41)29(42,43)30(44,45)31(46,47)48/h2-3,8-10,17H,1,5-7,11-16,18H2,(H2,49,50,54). The van der Waals surface area contributed by atoms with Gasteiger partial charge >= 0.3 is 59.6 Å². The maximum Gasteiger partial charge on any atom is 0.460 e. The molecule has 0 bridgehead atoms. The Bertz CT molecular complexity index is 1540. The summed E-state index contributed by atoms with van der Waals surface area (Å²) in [7, 11) is 0. The second kappa shape index (κ2) is 18.0. The zero-order valence-electron chi connectivity index (χ0n) is 27.7. The number of terminal acetylenes is 1. The number of rotatable bonds is 21. The zero-order chi connectivity index (χ0) is 42.9. The van der Waals surface area contributed by atoms with Gasteiger partial charge in [-0.15, -0.1) is 13.0 Å². The van der Waals surface area contributed by atoms with Crippen molar-refractivity contribution in [2.24, 2.45) is 0 Å². The molecule has 0 aliphatic heterocycles. The second-order valence-corrected chi connectivity index (χ2v) is 11.4. The summed E-state index contributed by atoms with van der Waals surface area (Å²) in [5.74, 6) is -58.5. The molecule has 3 amide bonds. The van der Waals surface area contributed by atoms with Gasteiger partial charge in [-0.05, 0) is 43.4 Å². The zero-order valence-corrected chi connectivity index (χ0v) is 27.7. The maximum atomic E-state index is 14.1. The van der Waals surface area contributed by atoms with E-state index in [4.69, 9.17) is 6.42 Å². The number of ether oxygens (including phenoxy) is 1. The van der Waals surface area contributed by atoms with E-state index < -0.39 is 91.7 Å². The van der Waals surface area contributed by atoms with Gasteiger partial charge in [0.15, 0.2) is 0 Å². The molecule has 55 heavy (non-hydrogen) atoms. The van der Waals surface area contributed by atoms with Crippen LogP contribution in [-0.2, 0) is 16.0 Å². The molecular weight excluding hydrogens is 801 g/mol. The third kappa shape index (κ3) is 10.4. The van der Waals surface area contributed by atoms with Crippen LogP contribution in [0.15, 0.2) is 36.9 Å². The molecule has 1 rings (SSSR count). The Hall–Kier alpha value is -4.46. The van der Waals surface area contributed by atoms with E-state index in [0.717, 1.165) is 12.8 Å². The van der Waals surface area contributed by atoms with Crippen molar-refractivity contribution in [1.82, 2.24) is 15.5 Å². The number of unbranched alkanes of at least 4 members (excludes halogenated alkanes) is 2. The SMILES string of the molecule is C#CCN(CC(=O)OCCC(F)(F)C(F)(F)C(F)(F)C(F)(F)C(F)(F)C(F)(F)C(F)(F)C(F)(F)F)C(=O)c1cccc(CCNC(=O)NCCCCC=C)c1. The molecule has 0 radical (unpaired) electrons. The minimum absolute atomic E-state index is 0.0761. The highest BCUT2D eigenvalue weighted by atomic mass is 19.4. The number of hydrogen-bond acceptors (Lipinski definition) is 4. The molecule has 1 aromatic carbocycles. The summed E-state index contributed by atoms with van der Waals surface area (Å²) in [6, 6.07) is 4.86. The van der Waals surface area contributed by atoms with Crippen LogP contribution in [0.25, 0.3) is 0 Å². The van der Waals surface area contributed by atoms with Crippen LogP contribution in [-0.4, -0.2) is 103 Å². The first kappa shape index (κ1) is 48.6. The van der Waals surface area contributed by atoms with Crippen LogP contribution in [0.5, 0.6) is 0 Å². The maximum absolute atomic E-state index is 14.1. The Labute approximate surface area is 300 Å². The number of halogens is 17. The third-order valence-electron chi connectivity index (χ3n) is 7.35. The van der Waals surface area contributed by atoms with Gasteiger partial charge in [0.2, 0.25) is 0 Å². The van der Waals surface area contributed by atoms with Crippen LogP contribution in [0.4, 0.5) is 79.4 Å². The highest BCUT2D eigenvalue weighted by molar-refractivity contribution is 5.96. The van der Waals surface area contributed by atoms with Crippen molar-refractivity contribution in [3.63, 3.8) is 0 Å². The van der Waals surface area contributed by atoms with Gasteiger partial charge in [-0.1, -0.05) is 24.1 Å². The van der Waals surface area contributed by atoms with Crippen LogP contribution in [0.1, 0.15) is 41.6 Å². The predicted molar refractivity (Wildman–Crippen MR) is 157 cm³/mol. The van der Waals surface area contributed by atoms with Gasteiger partial charge in [0.1, 0.15) is 6.54 Å². The van der Waals surface area contributed by atoms with Gasteiger partial charge in [0.25, 0.3) is 5.91 Å². The first-order chi connectivity index (χ1) is 24.9. The molecule has 7 nitrogen and oxygen atoms in total. The number of hydrogen-bond donors (Lipinski definition) is 2. The minimum atomic E-state index is -8.76. The largest absolute Gasteiger partial charge is 0.464 e. The van der Waals surface area contributed by atoms with E-state index in [0.29, 0.717) is 23.4 Å². The fourth-order valence-corrected chi connectivity index (χ4v) is 4.20. The molecule has 0 aliphatic carbocycles. The highest BCUT2D eigenvalue weighted by Gasteiger charge is 2.95. The summed E-state index contributed by atoms with van der Waals surface area (Å²) < 4.78 is 233. The highest BCUT2D eigenvalue weighted by Crippen LogP contribution is 2.64. The molecule has 0 atom stereocenters. The molecule has 0 unspecified atom stereocenters. The quantitative estimate of drug-likeness (QED) is 0.0434. The fraction of sp³-hybridized carbons (Fsp3) is 0.581. The first-order valence-corrected chi connectivity index (χ1v) is 15.2. The van der Waals surface area contributed by atoms with Crippen molar-refractivity contribution in [2.75, 3.05) is 32.8 Å². The molecule has 0 saturated carbocycles. The summed E-state index contributed by atoms with van der Waals surface area (Å²) >= 11 is 0. The van der Waals surface area contributed by atoms with E-state index in [1.54, 1.807) is 6.08 Å². The average Bonchev–Trinajstić information content (AvgIpc) is 3.06. The van der Waals surface area contributed by atoms with E-state index in [2.05, 4.69) is 21.9 Å². The second-order valence-electron chi connectivity index (χ2n) is 11.4. The summed E-state index contributed by atoms with van der Waals surface area (Å²) in [5.41, 5.74) is 0.276. The fourth-order valence-electron chi connectivity index (χ4n) is 4.20. The number of urea groups is 1. The number of nitrogens with zero attached hydrogens (tertiary/aromatic N) is 1. The molecule has 0 aliphatic rings. The Balaban J connectivity index is 3.00. The summed E-state index contributed by atoms with van der Waals surface area (Å²) in [4.78, 5) is 37.5. The van der Waals surface area contributed by atoms with Crippen molar-refractivity contribution >= 4 is 17.9 Å². The number of carbonyl (C=O) groups is 3. The normalized spacial score (nSPS) is 13.5. The number of esters is 1. The van der Waals surface area contributed by atoms with Crippen molar-refractivity contribution in [1.29, 1.82) is 0 Å². The summed E-state index contributed by atoms with van der Waals surface area (Å²) in [6.07, 6.45) is -1.61. The van der Waals surface area contributed by atoms with E-state index in [9.17, 15) is 89.0 Å². The van der Waals surface area contributed by atoms with Gasteiger partial charge in [-0.25, -0.2) is 4.79 Å². The Morgan fingerprint density at radius 3 is 1.82 bits per heavy atom. The molecule has 24 heteroatoms. The Morgan fingerprint density at radius 1 is 0.764 bits per heavy atom. The van der Waals surface area contributed by atoms with Crippen LogP contribution >= 0.6 is 0 Å². The number of amides is 3. The van der Waals surface area contributed by atoms with Gasteiger partial charge in [0.05, 0.1) is 19.6 Å². The molecular formula is C31H30F17N3O4. The van der Waals surface area contributed by atoms with Gasteiger partial charge in [0, 0.05) is 18.7 Å². The number of carbonyl (C=O) groups excluding carboxylic acids is 3. The van der Waals surface area contributed by atoms with Gasteiger partial charge in [-0.2, -0.15) is 74.6 Å². The molecule has 312 valence electrons. The Kier molecular flexibility index (Phi) is 15.9. The summed E-state index contributed by atoms with van der Waals surface area (Å²) in [5, 5.41) is 5.17. The minimum Gasteiger partial charge on any atom is -0.464 e. The van der Waals surface area contributed by atoms with E-state index in [1.807, 2.05) is 5.92 Å². The van der Waals surface area contributed by atoms with E-state index >= 15 is 0 Å². The lowest BCUT2D eigenvalue weighted by Gasteiger charge is -2.42. The van der Waals surface area contributed by atoms with Crippen molar-refractivity contribution in [3.05, 3.63) is 48.0 Å². The molecule has 2 N–H and O–H groups in total. The number of nitrogens with one attached hydrogen (secondary N) is 2. The van der Waals surface area contributed by atoms with Gasteiger partial charge in [-0.3, -0.25) is 9.59 Å². The molecule has 0 heterocycles. The number of alkyl halides is 17. The smallest absolute Gasteiger partial charge is 0.460 e. The lowest BCUT2D eigenvalue weighted by Crippen LogP contribution is -2.74. The molecule has 0 saturated heterocycles. The molecule has 1 aromatic rings. The first-order valence-electron chi connectivity index (χ1n) is 15.2. The van der Waals surface area contributed by atoms with Crippen molar-refractivity contribution in [2.45, 2.75) is 79.7 Å². The lowest BCUT2D eigenvalue weighted by atomic mass is 9.88. The van der Waals surface area contributed by atoms with Crippen molar-refractivity contribution in [3.8, 4) is 12.3 Å².